The van der Waals surface area contributed by atoms with E-state index in [1.807, 2.05) is 24.4 Å². The Hall–Kier alpha value is -1.87. The Kier molecular flexibility index (Phi) is 5.13. The van der Waals surface area contributed by atoms with Crippen LogP contribution in [0.1, 0.15) is 22.4 Å². The number of aromatic nitrogens is 1. The highest BCUT2D eigenvalue weighted by molar-refractivity contribution is 5.58. The van der Waals surface area contributed by atoms with Gasteiger partial charge in [0.25, 0.3) is 0 Å². The lowest BCUT2D eigenvalue weighted by molar-refractivity contribution is 0.693. The zero-order valence-corrected chi connectivity index (χ0v) is 12.5. The third kappa shape index (κ3) is 4.07. The normalized spacial score (nSPS) is 10.6. The fourth-order valence-electron chi connectivity index (χ4n) is 2.45. The van der Waals surface area contributed by atoms with Crippen molar-refractivity contribution >= 4 is 5.69 Å². The van der Waals surface area contributed by atoms with E-state index in [1.54, 1.807) is 0 Å². The molecule has 3 nitrogen and oxygen atoms in total. The molecule has 2 rings (SSSR count). The topological polar surface area (TPSA) is 37.0 Å². The van der Waals surface area contributed by atoms with E-state index in [0.29, 0.717) is 0 Å². The molecule has 0 fully saturated rings. The van der Waals surface area contributed by atoms with Crippen LogP contribution in [0.4, 0.5) is 5.69 Å². The molecule has 0 amide bonds. The molecule has 0 aliphatic carbocycles. The van der Waals surface area contributed by atoms with Crippen molar-refractivity contribution in [3.63, 3.8) is 0 Å². The Labute approximate surface area is 121 Å². The van der Waals surface area contributed by atoms with Crippen LogP contribution >= 0.6 is 0 Å². The number of benzene rings is 1. The average Bonchev–Trinajstić information content (AvgIpc) is 2.42. The van der Waals surface area contributed by atoms with Gasteiger partial charge in [-0.1, -0.05) is 23.8 Å². The summed E-state index contributed by atoms with van der Waals surface area (Å²) >= 11 is 0. The molecule has 0 saturated heterocycles. The van der Waals surface area contributed by atoms with E-state index < -0.39 is 0 Å². The van der Waals surface area contributed by atoms with E-state index in [-0.39, 0.29) is 0 Å². The molecule has 2 N–H and O–H groups in total. The monoisotopic (exact) mass is 269 g/mol. The van der Waals surface area contributed by atoms with Gasteiger partial charge in [-0.05, 0) is 44.0 Å². The second-order valence-corrected chi connectivity index (χ2v) is 5.20. The largest absolute Gasteiger partial charge is 0.383 e. The van der Waals surface area contributed by atoms with Gasteiger partial charge in [0.15, 0.2) is 0 Å². The SMILES string of the molecule is Cc1cc(C)c(NCCNCc2ccccn2)c(C)c1. The Morgan fingerprint density at radius 3 is 2.40 bits per heavy atom. The summed E-state index contributed by atoms with van der Waals surface area (Å²) in [5.74, 6) is 0. The van der Waals surface area contributed by atoms with Crippen molar-refractivity contribution in [1.82, 2.24) is 10.3 Å². The quantitative estimate of drug-likeness (QED) is 0.791. The predicted molar refractivity (Wildman–Crippen MR) is 85.1 cm³/mol. The number of nitrogens with one attached hydrogen (secondary N) is 2. The molecular formula is C17H23N3. The first-order chi connectivity index (χ1) is 9.66. The average molecular weight is 269 g/mol. The van der Waals surface area contributed by atoms with E-state index in [1.165, 1.54) is 22.4 Å². The lowest BCUT2D eigenvalue weighted by atomic mass is 10.1. The molecule has 0 atom stereocenters. The third-order valence-corrected chi connectivity index (χ3v) is 3.31. The van der Waals surface area contributed by atoms with Gasteiger partial charge in [-0.2, -0.15) is 0 Å². The van der Waals surface area contributed by atoms with Crippen LogP contribution in [-0.4, -0.2) is 18.1 Å². The molecular weight excluding hydrogens is 246 g/mol. The molecule has 0 saturated carbocycles. The van der Waals surface area contributed by atoms with E-state index in [2.05, 4.69) is 48.5 Å². The van der Waals surface area contributed by atoms with Crippen molar-refractivity contribution in [3.05, 3.63) is 58.9 Å². The minimum Gasteiger partial charge on any atom is -0.383 e. The van der Waals surface area contributed by atoms with Crippen molar-refractivity contribution in [1.29, 1.82) is 0 Å². The molecule has 1 aromatic carbocycles. The van der Waals surface area contributed by atoms with Gasteiger partial charge in [-0.3, -0.25) is 4.98 Å². The highest BCUT2D eigenvalue weighted by Gasteiger charge is 2.02. The molecule has 1 aromatic heterocycles. The number of anilines is 1. The molecule has 106 valence electrons. The van der Waals surface area contributed by atoms with E-state index >= 15 is 0 Å². The van der Waals surface area contributed by atoms with Gasteiger partial charge in [0, 0.05) is 31.5 Å². The van der Waals surface area contributed by atoms with E-state index in [4.69, 9.17) is 0 Å². The van der Waals surface area contributed by atoms with Crippen LogP contribution in [0.5, 0.6) is 0 Å². The molecule has 0 unspecified atom stereocenters. The van der Waals surface area contributed by atoms with Crippen molar-refractivity contribution in [2.75, 3.05) is 18.4 Å². The number of nitrogens with zero attached hydrogens (tertiary/aromatic N) is 1. The summed E-state index contributed by atoms with van der Waals surface area (Å²) in [5, 5.41) is 6.91. The van der Waals surface area contributed by atoms with Gasteiger partial charge >= 0.3 is 0 Å². The van der Waals surface area contributed by atoms with Gasteiger partial charge in [0.05, 0.1) is 5.69 Å². The number of rotatable bonds is 6. The molecule has 0 bridgehead atoms. The van der Waals surface area contributed by atoms with Gasteiger partial charge in [0.1, 0.15) is 0 Å². The van der Waals surface area contributed by atoms with Crippen LogP contribution in [0, 0.1) is 20.8 Å². The first kappa shape index (κ1) is 14.5. The lowest BCUT2D eigenvalue weighted by Gasteiger charge is -2.14. The zero-order chi connectivity index (χ0) is 14.4. The van der Waals surface area contributed by atoms with Gasteiger partial charge in [-0.25, -0.2) is 0 Å². The highest BCUT2D eigenvalue weighted by atomic mass is 15.0. The Morgan fingerprint density at radius 2 is 1.75 bits per heavy atom. The maximum Gasteiger partial charge on any atom is 0.0541 e. The van der Waals surface area contributed by atoms with Crippen LogP contribution in [0.15, 0.2) is 36.5 Å². The first-order valence-corrected chi connectivity index (χ1v) is 7.09. The highest BCUT2D eigenvalue weighted by Crippen LogP contribution is 2.21. The molecule has 0 aliphatic rings. The van der Waals surface area contributed by atoms with Crippen LogP contribution in [0.3, 0.4) is 0 Å². The second kappa shape index (κ2) is 7.06. The molecule has 0 aliphatic heterocycles. The molecule has 0 radical (unpaired) electrons. The van der Waals surface area contributed by atoms with Crippen LogP contribution in [-0.2, 0) is 6.54 Å². The van der Waals surface area contributed by atoms with E-state index in [9.17, 15) is 0 Å². The molecule has 1 heterocycles. The van der Waals surface area contributed by atoms with Crippen molar-refractivity contribution in [3.8, 4) is 0 Å². The fraction of sp³-hybridized carbons (Fsp3) is 0.353. The fourth-order valence-corrected chi connectivity index (χ4v) is 2.45. The maximum absolute atomic E-state index is 4.29. The summed E-state index contributed by atoms with van der Waals surface area (Å²) < 4.78 is 0. The minimum atomic E-state index is 0.814. The summed E-state index contributed by atoms with van der Waals surface area (Å²) in [6, 6.07) is 10.4. The zero-order valence-electron chi connectivity index (χ0n) is 12.5. The molecule has 20 heavy (non-hydrogen) atoms. The van der Waals surface area contributed by atoms with Gasteiger partial charge in [-0.15, -0.1) is 0 Å². The number of hydrogen-bond acceptors (Lipinski definition) is 3. The van der Waals surface area contributed by atoms with Crippen molar-refractivity contribution < 1.29 is 0 Å². The van der Waals surface area contributed by atoms with Crippen LogP contribution < -0.4 is 10.6 Å². The van der Waals surface area contributed by atoms with Crippen molar-refractivity contribution in [2.45, 2.75) is 27.3 Å². The maximum atomic E-state index is 4.29. The Morgan fingerprint density at radius 1 is 1.00 bits per heavy atom. The summed E-state index contributed by atoms with van der Waals surface area (Å²) in [5.41, 5.74) is 6.28. The Bertz CT molecular complexity index is 526. The minimum absolute atomic E-state index is 0.814. The van der Waals surface area contributed by atoms with Gasteiger partial charge < -0.3 is 10.6 Å². The summed E-state index contributed by atoms with van der Waals surface area (Å²) in [7, 11) is 0. The smallest absolute Gasteiger partial charge is 0.0541 e. The third-order valence-electron chi connectivity index (χ3n) is 3.31. The number of aryl methyl sites for hydroxylation is 3. The summed E-state index contributed by atoms with van der Waals surface area (Å²) in [6.07, 6.45) is 1.83. The summed E-state index contributed by atoms with van der Waals surface area (Å²) in [4.78, 5) is 4.29. The van der Waals surface area contributed by atoms with Gasteiger partial charge in [0.2, 0.25) is 0 Å². The standard InChI is InChI=1S/C17H23N3/c1-13-10-14(2)17(15(3)11-13)20-9-8-18-12-16-6-4-5-7-19-16/h4-7,10-11,18,20H,8-9,12H2,1-3H3. The first-order valence-electron chi connectivity index (χ1n) is 7.09. The molecule has 3 heteroatoms. The molecule has 0 spiro atoms. The van der Waals surface area contributed by atoms with Crippen LogP contribution in [0.2, 0.25) is 0 Å². The molecule has 2 aromatic rings. The second-order valence-electron chi connectivity index (χ2n) is 5.20. The predicted octanol–water partition coefficient (Wildman–Crippen LogP) is 3.21. The number of pyridine rings is 1. The number of hydrogen-bond donors (Lipinski definition) is 2. The lowest BCUT2D eigenvalue weighted by Crippen LogP contribution is -2.22. The Balaban J connectivity index is 1.76. The van der Waals surface area contributed by atoms with Crippen LogP contribution in [0.25, 0.3) is 0 Å². The van der Waals surface area contributed by atoms with Crippen molar-refractivity contribution in [2.24, 2.45) is 0 Å². The van der Waals surface area contributed by atoms with E-state index in [0.717, 1.165) is 25.3 Å². The summed E-state index contributed by atoms with van der Waals surface area (Å²) in [6.45, 7) is 9.10.